The van der Waals surface area contributed by atoms with E-state index in [0.717, 1.165) is 13.0 Å². The van der Waals surface area contributed by atoms with Gasteiger partial charge in [-0.2, -0.15) is 5.26 Å². The number of Topliss-reactive ketones (excluding diaryl/α,β-unsaturated/α-hetero) is 1. The molecule has 0 saturated heterocycles. The van der Waals surface area contributed by atoms with Gasteiger partial charge in [-0.05, 0) is 38.9 Å². The van der Waals surface area contributed by atoms with Crippen LogP contribution < -0.4 is 0 Å². The zero-order valence-electron chi connectivity index (χ0n) is 11.3. The zero-order chi connectivity index (χ0) is 13.5. The molecule has 0 amide bonds. The lowest BCUT2D eigenvalue weighted by molar-refractivity contribution is 0.0906. The lowest BCUT2D eigenvalue weighted by Crippen LogP contribution is -2.36. The smallest absolute Gasteiger partial charge is 0.176 e. The van der Waals surface area contributed by atoms with Crippen LogP contribution in [0.15, 0.2) is 24.3 Å². The molecule has 0 radical (unpaired) electrons. The molecule has 0 fully saturated rings. The molecule has 0 spiro atoms. The summed E-state index contributed by atoms with van der Waals surface area (Å²) in [5.41, 5.74) is 1.26. The summed E-state index contributed by atoms with van der Waals surface area (Å²) in [5.74, 6) is 0.113. The highest BCUT2D eigenvalue weighted by molar-refractivity contribution is 5.97. The van der Waals surface area contributed by atoms with E-state index in [-0.39, 0.29) is 5.78 Å². The summed E-state index contributed by atoms with van der Waals surface area (Å²) in [5, 5.41) is 8.71. The van der Waals surface area contributed by atoms with Crippen molar-refractivity contribution in [2.45, 2.75) is 33.2 Å². The molecule has 3 heteroatoms. The van der Waals surface area contributed by atoms with Gasteiger partial charge < -0.3 is 0 Å². The quantitative estimate of drug-likeness (QED) is 0.723. The fourth-order valence-corrected chi connectivity index (χ4v) is 1.81. The lowest BCUT2D eigenvalue weighted by Gasteiger charge is -2.25. The minimum absolute atomic E-state index is 0.113. The van der Waals surface area contributed by atoms with Gasteiger partial charge in [-0.15, -0.1) is 0 Å². The predicted octanol–water partition coefficient (Wildman–Crippen LogP) is 2.86. The largest absolute Gasteiger partial charge is 0.293 e. The summed E-state index contributed by atoms with van der Waals surface area (Å²) in [4.78, 5) is 14.3. The Hall–Kier alpha value is -1.66. The van der Waals surface area contributed by atoms with Crippen LogP contribution in [0, 0.1) is 11.3 Å². The van der Waals surface area contributed by atoms with Crippen molar-refractivity contribution in [3.8, 4) is 6.07 Å². The summed E-state index contributed by atoms with van der Waals surface area (Å²) >= 11 is 0. The first-order chi connectivity index (χ1) is 8.58. The Morgan fingerprint density at radius 1 is 1.33 bits per heavy atom. The van der Waals surface area contributed by atoms with E-state index in [1.165, 1.54) is 0 Å². The van der Waals surface area contributed by atoms with Gasteiger partial charge in [0.25, 0.3) is 0 Å². The van der Waals surface area contributed by atoms with Crippen LogP contribution in [-0.4, -0.2) is 29.8 Å². The molecule has 0 unspecified atom stereocenters. The Morgan fingerprint density at radius 2 is 1.94 bits per heavy atom. The van der Waals surface area contributed by atoms with Gasteiger partial charge in [-0.3, -0.25) is 9.69 Å². The summed E-state index contributed by atoms with van der Waals surface area (Å²) in [6.07, 6.45) is 1.04. The lowest BCUT2D eigenvalue weighted by atomic mass is 10.1. The molecular formula is C15H20N2O. The van der Waals surface area contributed by atoms with Crippen LogP contribution in [0.2, 0.25) is 0 Å². The SMILES string of the molecule is CCCN(CC(=O)c1ccc(C#N)cc1)C(C)C. The van der Waals surface area contributed by atoms with E-state index in [2.05, 4.69) is 31.7 Å². The fraction of sp³-hybridized carbons (Fsp3) is 0.467. The number of hydrogen-bond acceptors (Lipinski definition) is 3. The first kappa shape index (κ1) is 14.4. The van der Waals surface area contributed by atoms with Gasteiger partial charge in [0, 0.05) is 11.6 Å². The van der Waals surface area contributed by atoms with E-state index in [1.54, 1.807) is 24.3 Å². The maximum Gasteiger partial charge on any atom is 0.176 e. The summed E-state index contributed by atoms with van der Waals surface area (Å²) < 4.78 is 0. The number of benzene rings is 1. The summed E-state index contributed by atoms with van der Waals surface area (Å²) in [6, 6.07) is 9.25. The van der Waals surface area contributed by atoms with Crippen LogP contribution in [0.4, 0.5) is 0 Å². The van der Waals surface area contributed by atoms with Crippen molar-refractivity contribution >= 4 is 5.78 Å². The van der Waals surface area contributed by atoms with E-state index in [4.69, 9.17) is 5.26 Å². The van der Waals surface area contributed by atoms with Crippen molar-refractivity contribution in [1.29, 1.82) is 5.26 Å². The monoisotopic (exact) mass is 244 g/mol. The van der Waals surface area contributed by atoms with Crippen molar-refractivity contribution in [1.82, 2.24) is 4.90 Å². The molecule has 0 bridgehead atoms. The normalized spacial score (nSPS) is 10.7. The van der Waals surface area contributed by atoms with Crippen LogP contribution in [-0.2, 0) is 0 Å². The van der Waals surface area contributed by atoms with Crippen LogP contribution >= 0.6 is 0 Å². The summed E-state index contributed by atoms with van der Waals surface area (Å²) in [6.45, 7) is 7.68. The maximum atomic E-state index is 12.1. The molecule has 0 heterocycles. The average Bonchev–Trinajstić information content (AvgIpc) is 2.38. The molecule has 0 aliphatic heterocycles. The molecule has 0 atom stereocenters. The highest BCUT2D eigenvalue weighted by Crippen LogP contribution is 2.07. The fourth-order valence-electron chi connectivity index (χ4n) is 1.81. The second-order valence-corrected chi connectivity index (χ2v) is 4.68. The van der Waals surface area contributed by atoms with Crippen LogP contribution in [0.5, 0.6) is 0 Å². The maximum absolute atomic E-state index is 12.1. The van der Waals surface area contributed by atoms with Crippen LogP contribution in [0.3, 0.4) is 0 Å². The number of nitrogens with zero attached hydrogens (tertiary/aromatic N) is 2. The molecule has 1 aromatic carbocycles. The number of ketones is 1. The third-order valence-corrected chi connectivity index (χ3v) is 2.92. The van der Waals surface area contributed by atoms with Gasteiger partial charge in [-0.25, -0.2) is 0 Å². The van der Waals surface area contributed by atoms with Crippen LogP contribution in [0.25, 0.3) is 0 Å². The van der Waals surface area contributed by atoms with Gasteiger partial charge in [0.15, 0.2) is 5.78 Å². The van der Waals surface area contributed by atoms with E-state index in [9.17, 15) is 4.79 Å². The highest BCUT2D eigenvalue weighted by Gasteiger charge is 2.14. The van der Waals surface area contributed by atoms with Gasteiger partial charge >= 0.3 is 0 Å². The Bertz CT molecular complexity index is 429. The minimum Gasteiger partial charge on any atom is -0.293 e. The van der Waals surface area contributed by atoms with Gasteiger partial charge in [0.05, 0.1) is 18.2 Å². The van der Waals surface area contributed by atoms with Crippen molar-refractivity contribution < 1.29 is 4.79 Å². The first-order valence-corrected chi connectivity index (χ1v) is 6.36. The Balaban J connectivity index is 2.71. The molecule has 0 aliphatic carbocycles. The topological polar surface area (TPSA) is 44.1 Å². The zero-order valence-corrected chi connectivity index (χ0v) is 11.3. The Morgan fingerprint density at radius 3 is 2.39 bits per heavy atom. The van der Waals surface area contributed by atoms with Gasteiger partial charge in [0.1, 0.15) is 0 Å². The molecular weight excluding hydrogens is 224 g/mol. The molecule has 96 valence electrons. The third kappa shape index (κ3) is 3.97. The molecule has 0 aromatic heterocycles. The van der Waals surface area contributed by atoms with Crippen LogP contribution in [0.1, 0.15) is 43.1 Å². The highest BCUT2D eigenvalue weighted by atomic mass is 16.1. The average molecular weight is 244 g/mol. The first-order valence-electron chi connectivity index (χ1n) is 6.36. The Labute approximate surface area is 109 Å². The third-order valence-electron chi connectivity index (χ3n) is 2.92. The van der Waals surface area contributed by atoms with E-state index in [1.807, 2.05) is 0 Å². The molecule has 1 aromatic rings. The molecule has 1 rings (SSSR count). The molecule has 0 aliphatic rings. The summed E-state index contributed by atoms with van der Waals surface area (Å²) in [7, 11) is 0. The predicted molar refractivity (Wildman–Crippen MR) is 72.5 cm³/mol. The number of nitriles is 1. The van der Waals surface area contributed by atoms with Gasteiger partial charge in [0.2, 0.25) is 0 Å². The number of rotatable bonds is 6. The minimum atomic E-state index is 0.113. The van der Waals surface area contributed by atoms with Crippen molar-refractivity contribution in [3.63, 3.8) is 0 Å². The van der Waals surface area contributed by atoms with Crippen molar-refractivity contribution in [2.24, 2.45) is 0 Å². The van der Waals surface area contributed by atoms with Crippen molar-refractivity contribution in [3.05, 3.63) is 35.4 Å². The number of carbonyl (C=O) groups excluding carboxylic acids is 1. The molecule has 3 nitrogen and oxygen atoms in total. The standard InChI is InChI=1S/C15H20N2O/c1-4-9-17(12(2)3)11-15(18)14-7-5-13(10-16)6-8-14/h5-8,12H,4,9,11H2,1-3H3. The number of hydrogen-bond donors (Lipinski definition) is 0. The second-order valence-electron chi connectivity index (χ2n) is 4.68. The molecule has 0 saturated carbocycles. The van der Waals surface area contributed by atoms with E-state index < -0.39 is 0 Å². The van der Waals surface area contributed by atoms with E-state index in [0.29, 0.717) is 23.7 Å². The van der Waals surface area contributed by atoms with E-state index >= 15 is 0 Å². The Kier molecular flexibility index (Phi) is 5.54. The molecule has 0 N–H and O–H groups in total. The molecule has 18 heavy (non-hydrogen) atoms. The second kappa shape index (κ2) is 6.93. The van der Waals surface area contributed by atoms with Crippen molar-refractivity contribution in [2.75, 3.05) is 13.1 Å². The number of carbonyl (C=O) groups is 1. The van der Waals surface area contributed by atoms with Gasteiger partial charge in [-0.1, -0.05) is 19.1 Å².